The molecule has 0 spiro atoms. The van der Waals surface area contributed by atoms with Crippen LogP contribution in [-0.4, -0.2) is 23.3 Å². The van der Waals surface area contributed by atoms with Gasteiger partial charge < -0.3 is 15.7 Å². The van der Waals surface area contributed by atoms with Gasteiger partial charge >= 0.3 is 6.03 Å². The Hall–Kier alpha value is -1.85. The predicted octanol–water partition coefficient (Wildman–Crippen LogP) is 2.64. The Morgan fingerprint density at radius 2 is 2.18 bits per heavy atom. The number of hydrogen-bond acceptors (Lipinski definition) is 3. The maximum absolute atomic E-state index is 12.2. The fourth-order valence-corrected chi connectivity index (χ4v) is 3.77. The van der Waals surface area contributed by atoms with Gasteiger partial charge in [-0.3, -0.25) is 0 Å². The number of nitrogens with one attached hydrogen (secondary N) is 2. The minimum Gasteiger partial charge on any atom is -0.390 e. The van der Waals surface area contributed by atoms with Crippen molar-refractivity contribution in [1.82, 2.24) is 10.6 Å². The molecule has 1 aromatic carbocycles. The molecule has 0 aliphatic heterocycles. The number of fused-ring (bicyclic) bond motifs is 1. The monoisotopic (exact) mass is 316 g/mol. The number of benzene rings is 1. The second-order valence-corrected chi connectivity index (χ2v) is 6.78. The number of aliphatic hydroxyl groups excluding tert-OH is 1. The van der Waals surface area contributed by atoms with Gasteiger partial charge in [0, 0.05) is 23.8 Å². The van der Waals surface area contributed by atoms with E-state index in [1.807, 2.05) is 42.6 Å². The first-order chi connectivity index (χ1) is 10.6. The molecular formula is C17H20N2O2S. The van der Waals surface area contributed by atoms with Crippen LogP contribution in [0.2, 0.25) is 0 Å². The van der Waals surface area contributed by atoms with Crippen molar-refractivity contribution < 1.29 is 9.90 Å². The van der Waals surface area contributed by atoms with E-state index in [-0.39, 0.29) is 18.1 Å². The van der Waals surface area contributed by atoms with Gasteiger partial charge in [0.25, 0.3) is 0 Å². The summed E-state index contributed by atoms with van der Waals surface area (Å²) in [5.41, 5.74) is 2.11. The van der Waals surface area contributed by atoms with E-state index in [9.17, 15) is 9.90 Å². The van der Waals surface area contributed by atoms with Crippen LogP contribution in [0.15, 0.2) is 41.8 Å². The lowest BCUT2D eigenvalue weighted by Gasteiger charge is -2.20. The summed E-state index contributed by atoms with van der Waals surface area (Å²) in [5.74, 6) is 0. The minimum atomic E-state index is -0.559. The number of hydrogen-bond donors (Lipinski definition) is 3. The summed E-state index contributed by atoms with van der Waals surface area (Å²) in [6.07, 6.45) is 0.844. The van der Waals surface area contributed by atoms with Gasteiger partial charge in [-0.1, -0.05) is 30.3 Å². The lowest BCUT2D eigenvalue weighted by atomic mass is 10.1. The molecule has 1 aliphatic rings. The summed E-state index contributed by atoms with van der Waals surface area (Å²) in [7, 11) is 0. The minimum absolute atomic E-state index is 0.0486. The third kappa shape index (κ3) is 3.31. The number of urea groups is 1. The van der Waals surface area contributed by atoms with Gasteiger partial charge in [-0.15, -0.1) is 11.3 Å². The van der Waals surface area contributed by atoms with Crippen molar-refractivity contribution >= 4 is 17.4 Å². The van der Waals surface area contributed by atoms with Crippen molar-refractivity contribution in [2.24, 2.45) is 0 Å². The van der Waals surface area contributed by atoms with Crippen molar-refractivity contribution in [2.75, 3.05) is 0 Å². The smallest absolute Gasteiger partial charge is 0.315 e. The average molecular weight is 316 g/mol. The third-order valence-corrected chi connectivity index (χ3v) is 4.85. The van der Waals surface area contributed by atoms with Crippen molar-refractivity contribution in [2.45, 2.75) is 38.0 Å². The summed E-state index contributed by atoms with van der Waals surface area (Å²) < 4.78 is 0. The van der Waals surface area contributed by atoms with E-state index in [0.29, 0.717) is 6.42 Å². The zero-order chi connectivity index (χ0) is 15.5. The maximum Gasteiger partial charge on any atom is 0.315 e. The molecule has 1 aromatic heterocycles. The summed E-state index contributed by atoms with van der Waals surface area (Å²) in [5, 5.41) is 18.0. The second kappa shape index (κ2) is 6.50. The molecule has 3 N–H and O–H groups in total. The highest BCUT2D eigenvalue weighted by Gasteiger charge is 2.31. The van der Waals surface area contributed by atoms with Gasteiger partial charge in [0.05, 0.1) is 12.1 Å². The number of rotatable bonds is 4. The first-order valence-electron chi connectivity index (χ1n) is 7.49. The Morgan fingerprint density at radius 3 is 2.95 bits per heavy atom. The van der Waals surface area contributed by atoms with Crippen molar-refractivity contribution in [1.29, 1.82) is 0 Å². The van der Waals surface area contributed by atoms with Crippen LogP contribution >= 0.6 is 11.3 Å². The van der Waals surface area contributed by atoms with E-state index >= 15 is 0 Å². The maximum atomic E-state index is 12.2. The van der Waals surface area contributed by atoms with E-state index < -0.39 is 6.10 Å². The van der Waals surface area contributed by atoms with Crippen LogP contribution in [0, 0.1) is 0 Å². The SMILES string of the molecule is CC(Cc1cccs1)NC(=O)NC1c2ccccc2CC1O. The molecule has 3 unspecified atom stereocenters. The number of carbonyl (C=O) groups is 1. The standard InChI is InChI=1S/C17H20N2O2S/c1-11(9-13-6-4-8-22-13)18-17(21)19-16-14-7-3-2-5-12(14)10-15(16)20/h2-8,11,15-16,20H,9-10H2,1H3,(H2,18,19,21). The first-order valence-corrected chi connectivity index (χ1v) is 8.36. The molecule has 4 nitrogen and oxygen atoms in total. The highest BCUT2D eigenvalue weighted by atomic mass is 32.1. The zero-order valence-electron chi connectivity index (χ0n) is 12.5. The number of aliphatic hydroxyl groups is 1. The van der Waals surface area contributed by atoms with Crippen LogP contribution < -0.4 is 10.6 Å². The Kier molecular flexibility index (Phi) is 4.45. The molecule has 22 heavy (non-hydrogen) atoms. The fraction of sp³-hybridized carbons (Fsp3) is 0.353. The average Bonchev–Trinajstić information content (AvgIpc) is 3.08. The van der Waals surface area contributed by atoms with Gasteiger partial charge in [0.15, 0.2) is 0 Å². The molecule has 0 saturated carbocycles. The fourth-order valence-electron chi connectivity index (χ4n) is 2.94. The van der Waals surface area contributed by atoms with Gasteiger partial charge in [-0.05, 0) is 29.5 Å². The lowest BCUT2D eigenvalue weighted by molar-refractivity contribution is 0.142. The summed E-state index contributed by atoms with van der Waals surface area (Å²) in [6, 6.07) is 11.4. The van der Waals surface area contributed by atoms with Crippen LogP contribution in [0.4, 0.5) is 4.79 Å². The van der Waals surface area contributed by atoms with Crippen LogP contribution in [0.5, 0.6) is 0 Å². The molecule has 1 aliphatic carbocycles. The Bertz CT molecular complexity index is 642. The molecular weight excluding hydrogens is 296 g/mol. The van der Waals surface area contributed by atoms with Crippen molar-refractivity contribution in [3.05, 3.63) is 57.8 Å². The largest absolute Gasteiger partial charge is 0.390 e. The highest BCUT2D eigenvalue weighted by Crippen LogP contribution is 2.31. The van der Waals surface area contributed by atoms with Crippen LogP contribution in [0.1, 0.15) is 29.0 Å². The van der Waals surface area contributed by atoms with Gasteiger partial charge in [0.2, 0.25) is 0 Å². The Morgan fingerprint density at radius 1 is 1.36 bits per heavy atom. The normalized spacial score (nSPS) is 21.2. The second-order valence-electron chi connectivity index (χ2n) is 5.75. The molecule has 0 saturated heterocycles. The molecule has 1 heterocycles. The van der Waals surface area contributed by atoms with Gasteiger partial charge in [-0.25, -0.2) is 4.79 Å². The summed E-state index contributed by atoms with van der Waals surface area (Å²) in [6.45, 7) is 1.98. The molecule has 3 atom stereocenters. The molecule has 2 amide bonds. The Labute approximate surface area is 134 Å². The van der Waals surface area contributed by atoms with E-state index in [4.69, 9.17) is 0 Å². The summed E-state index contributed by atoms with van der Waals surface area (Å²) in [4.78, 5) is 13.4. The van der Waals surface area contributed by atoms with Crippen molar-refractivity contribution in [3.8, 4) is 0 Å². The van der Waals surface area contributed by atoms with Crippen LogP contribution in [0.3, 0.4) is 0 Å². The number of carbonyl (C=O) groups excluding carboxylic acids is 1. The van der Waals surface area contributed by atoms with Crippen LogP contribution in [-0.2, 0) is 12.8 Å². The van der Waals surface area contributed by atoms with E-state index in [0.717, 1.165) is 17.5 Å². The molecule has 116 valence electrons. The van der Waals surface area contributed by atoms with E-state index in [2.05, 4.69) is 16.7 Å². The molecule has 0 bridgehead atoms. The predicted molar refractivity (Wildman–Crippen MR) is 88.0 cm³/mol. The molecule has 0 radical (unpaired) electrons. The quantitative estimate of drug-likeness (QED) is 0.812. The van der Waals surface area contributed by atoms with Crippen molar-refractivity contribution in [3.63, 3.8) is 0 Å². The first kappa shape index (κ1) is 15.1. The number of amides is 2. The lowest BCUT2D eigenvalue weighted by Crippen LogP contribution is -2.44. The highest BCUT2D eigenvalue weighted by molar-refractivity contribution is 7.09. The topological polar surface area (TPSA) is 61.4 Å². The van der Waals surface area contributed by atoms with Gasteiger partial charge in [-0.2, -0.15) is 0 Å². The Balaban J connectivity index is 1.58. The van der Waals surface area contributed by atoms with E-state index in [1.54, 1.807) is 11.3 Å². The summed E-state index contributed by atoms with van der Waals surface area (Å²) >= 11 is 1.69. The van der Waals surface area contributed by atoms with Crippen LogP contribution in [0.25, 0.3) is 0 Å². The van der Waals surface area contributed by atoms with Gasteiger partial charge in [0.1, 0.15) is 0 Å². The zero-order valence-corrected chi connectivity index (χ0v) is 13.3. The number of thiophene rings is 1. The third-order valence-electron chi connectivity index (χ3n) is 3.96. The molecule has 2 aromatic rings. The molecule has 5 heteroatoms. The molecule has 0 fully saturated rings. The van der Waals surface area contributed by atoms with E-state index in [1.165, 1.54) is 4.88 Å². The molecule has 3 rings (SSSR count).